The molecule has 1 heterocycles. The minimum absolute atomic E-state index is 0.679. The third-order valence-electron chi connectivity index (χ3n) is 3.54. The largest absolute Gasteiger partial charge is 0.310 e. The topological polar surface area (TPSA) is 15.3 Å². The summed E-state index contributed by atoms with van der Waals surface area (Å²) < 4.78 is 0. The van der Waals surface area contributed by atoms with Crippen LogP contribution in [-0.2, 0) is 0 Å². The van der Waals surface area contributed by atoms with Gasteiger partial charge in [-0.05, 0) is 32.7 Å². The molecule has 3 unspecified atom stereocenters. The molecule has 0 radical (unpaired) electrons. The van der Waals surface area contributed by atoms with E-state index in [0.29, 0.717) is 6.04 Å². The van der Waals surface area contributed by atoms with E-state index in [1.165, 1.54) is 38.8 Å². The Morgan fingerprint density at radius 3 is 2.77 bits per heavy atom. The molecular formula is C11H22N2. The molecule has 1 aliphatic carbocycles. The standard InChI is InChI=1S/C11H22N2/c1-9-7-13(2)8-10-5-3-4-6-11(10)12-9/h9-12H,3-8H2,1-2H3. The van der Waals surface area contributed by atoms with E-state index in [2.05, 4.69) is 24.2 Å². The van der Waals surface area contributed by atoms with Crippen LogP contribution in [-0.4, -0.2) is 37.1 Å². The quantitative estimate of drug-likeness (QED) is 0.610. The van der Waals surface area contributed by atoms with Gasteiger partial charge in [-0.3, -0.25) is 0 Å². The highest BCUT2D eigenvalue weighted by molar-refractivity contribution is 4.88. The fourth-order valence-corrected chi connectivity index (χ4v) is 3.01. The number of hydrogen-bond donors (Lipinski definition) is 1. The zero-order valence-electron chi connectivity index (χ0n) is 8.92. The number of hydrogen-bond acceptors (Lipinski definition) is 2. The average molecular weight is 182 g/mol. The summed E-state index contributed by atoms with van der Waals surface area (Å²) in [5.74, 6) is 0.920. The van der Waals surface area contributed by atoms with E-state index >= 15 is 0 Å². The van der Waals surface area contributed by atoms with E-state index in [1.54, 1.807) is 0 Å². The van der Waals surface area contributed by atoms with E-state index in [0.717, 1.165) is 12.0 Å². The summed E-state index contributed by atoms with van der Waals surface area (Å²) in [6, 6.07) is 1.49. The van der Waals surface area contributed by atoms with Crippen molar-refractivity contribution in [3.8, 4) is 0 Å². The molecule has 1 saturated carbocycles. The highest BCUT2D eigenvalue weighted by Crippen LogP contribution is 2.26. The Hall–Kier alpha value is -0.0800. The smallest absolute Gasteiger partial charge is 0.0169 e. The monoisotopic (exact) mass is 182 g/mol. The summed E-state index contributed by atoms with van der Waals surface area (Å²) in [6.45, 7) is 4.84. The molecule has 2 fully saturated rings. The molecule has 2 rings (SSSR count). The summed E-state index contributed by atoms with van der Waals surface area (Å²) in [7, 11) is 2.26. The Morgan fingerprint density at radius 1 is 1.15 bits per heavy atom. The minimum atomic E-state index is 0.679. The molecule has 2 aliphatic rings. The predicted octanol–water partition coefficient (Wildman–Crippen LogP) is 1.47. The first-order chi connectivity index (χ1) is 6.25. The van der Waals surface area contributed by atoms with E-state index in [-0.39, 0.29) is 0 Å². The van der Waals surface area contributed by atoms with Crippen molar-refractivity contribution in [1.29, 1.82) is 0 Å². The summed E-state index contributed by atoms with van der Waals surface area (Å²) in [6.07, 6.45) is 5.73. The molecule has 0 amide bonds. The normalized spacial score (nSPS) is 42.5. The van der Waals surface area contributed by atoms with Gasteiger partial charge >= 0.3 is 0 Å². The maximum absolute atomic E-state index is 3.77. The van der Waals surface area contributed by atoms with Gasteiger partial charge in [0.15, 0.2) is 0 Å². The lowest BCUT2D eigenvalue weighted by Crippen LogP contribution is -2.42. The number of fused-ring (bicyclic) bond motifs is 1. The highest BCUT2D eigenvalue weighted by Gasteiger charge is 2.29. The SMILES string of the molecule is CC1CN(C)CC2CCCCC2N1. The number of nitrogens with one attached hydrogen (secondary N) is 1. The molecule has 1 N–H and O–H groups in total. The summed E-state index contributed by atoms with van der Waals surface area (Å²) in [5, 5.41) is 3.77. The van der Waals surface area contributed by atoms with Crippen LogP contribution in [0, 0.1) is 5.92 Å². The van der Waals surface area contributed by atoms with E-state index in [9.17, 15) is 0 Å². The number of likely N-dealkylation sites (N-methyl/N-ethyl adjacent to an activating group) is 1. The van der Waals surface area contributed by atoms with Crippen LogP contribution in [0.1, 0.15) is 32.6 Å². The average Bonchev–Trinajstić information content (AvgIpc) is 2.20. The second-order valence-electron chi connectivity index (χ2n) is 4.94. The Morgan fingerprint density at radius 2 is 1.92 bits per heavy atom. The minimum Gasteiger partial charge on any atom is -0.310 e. The molecular weight excluding hydrogens is 160 g/mol. The lowest BCUT2D eigenvalue weighted by Gasteiger charge is -2.31. The van der Waals surface area contributed by atoms with Crippen molar-refractivity contribution in [1.82, 2.24) is 10.2 Å². The summed E-state index contributed by atoms with van der Waals surface area (Å²) in [5.41, 5.74) is 0. The predicted molar refractivity (Wildman–Crippen MR) is 55.8 cm³/mol. The number of nitrogens with zero attached hydrogens (tertiary/aromatic N) is 1. The van der Waals surface area contributed by atoms with E-state index in [1.807, 2.05) is 0 Å². The first kappa shape index (κ1) is 9.47. The molecule has 0 aromatic carbocycles. The summed E-state index contributed by atoms with van der Waals surface area (Å²) >= 11 is 0. The Labute approximate surface area is 81.7 Å². The van der Waals surface area contributed by atoms with Crippen molar-refractivity contribution in [3.05, 3.63) is 0 Å². The van der Waals surface area contributed by atoms with Crippen LogP contribution in [0.2, 0.25) is 0 Å². The molecule has 0 aromatic rings. The molecule has 1 saturated heterocycles. The second-order valence-corrected chi connectivity index (χ2v) is 4.94. The molecule has 0 spiro atoms. The summed E-state index contributed by atoms with van der Waals surface area (Å²) in [4.78, 5) is 2.49. The molecule has 3 atom stereocenters. The van der Waals surface area contributed by atoms with Crippen molar-refractivity contribution in [2.75, 3.05) is 20.1 Å². The van der Waals surface area contributed by atoms with Crippen molar-refractivity contribution >= 4 is 0 Å². The first-order valence-corrected chi connectivity index (χ1v) is 5.70. The van der Waals surface area contributed by atoms with Gasteiger partial charge in [0.1, 0.15) is 0 Å². The molecule has 2 nitrogen and oxygen atoms in total. The zero-order chi connectivity index (χ0) is 9.26. The van der Waals surface area contributed by atoms with Gasteiger partial charge in [0.2, 0.25) is 0 Å². The molecule has 0 aromatic heterocycles. The van der Waals surface area contributed by atoms with Crippen LogP contribution in [0.3, 0.4) is 0 Å². The van der Waals surface area contributed by atoms with Crippen molar-refractivity contribution in [2.45, 2.75) is 44.7 Å². The van der Waals surface area contributed by atoms with Crippen molar-refractivity contribution in [2.24, 2.45) is 5.92 Å². The molecule has 13 heavy (non-hydrogen) atoms. The maximum atomic E-state index is 3.77. The van der Waals surface area contributed by atoms with Gasteiger partial charge in [-0.15, -0.1) is 0 Å². The number of rotatable bonds is 0. The molecule has 1 aliphatic heterocycles. The van der Waals surface area contributed by atoms with Crippen LogP contribution >= 0.6 is 0 Å². The van der Waals surface area contributed by atoms with Gasteiger partial charge in [-0.25, -0.2) is 0 Å². The first-order valence-electron chi connectivity index (χ1n) is 5.70. The van der Waals surface area contributed by atoms with E-state index < -0.39 is 0 Å². The van der Waals surface area contributed by atoms with Crippen LogP contribution in [0.4, 0.5) is 0 Å². The van der Waals surface area contributed by atoms with Crippen molar-refractivity contribution < 1.29 is 0 Å². The maximum Gasteiger partial charge on any atom is 0.0169 e. The van der Waals surface area contributed by atoms with Gasteiger partial charge in [0, 0.05) is 25.2 Å². The fraction of sp³-hybridized carbons (Fsp3) is 1.00. The van der Waals surface area contributed by atoms with Crippen LogP contribution in [0.15, 0.2) is 0 Å². The lowest BCUT2D eigenvalue weighted by molar-refractivity contribution is 0.232. The Balaban J connectivity index is 2.01. The Kier molecular flexibility index (Phi) is 2.89. The molecule has 2 heteroatoms. The van der Waals surface area contributed by atoms with Gasteiger partial charge < -0.3 is 10.2 Å². The van der Waals surface area contributed by atoms with Gasteiger partial charge in [0.05, 0.1) is 0 Å². The lowest BCUT2D eigenvalue weighted by atomic mass is 9.84. The van der Waals surface area contributed by atoms with Gasteiger partial charge in [-0.2, -0.15) is 0 Å². The van der Waals surface area contributed by atoms with Crippen LogP contribution in [0.25, 0.3) is 0 Å². The van der Waals surface area contributed by atoms with Crippen molar-refractivity contribution in [3.63, 3.8) is 0 Å². The molecule has 76 valence electrons. The van der Waals surface area contributed by atoms with Crippen LogP contribution in [0.5, 0.6) is 0 Å². The third kappa shape index (κ3) is 2.23. The molecule has 0 bridgehead atoms. The third-order valence-corrected chi connectivity index (χ3v) is 3.54. The fourth-order valence-electron chi connectivity index (χ4n) is 3.01. The van der Waals surface area contributed by atoms with Gasteiger partial charge in [0.25, 0.3) is 0 Å². The zero-order valence-corrected chi connectivity index (χ0v) is 8.92. The van der Waals surface area contributed by atoms with Gasteiger partial charge in [-0.1, -0.05) is 12.8 Å². The Bertz CT molecular complexity index is 151. The highest BCUT2D eigenvalue weighted by atomic mass is 15.2. The second kappa shape index (κ2) is 3.97. The van der Waals surface area contributed by atoms with E-state index in [4.69, 9.17) is 0 Å². The van der Waals surface area contributed by atoms with Crippen LogP contribution < -0.4 is 5.32 Å².